The highest BCUT2D eigenvalue weighted by Gasteiger charge is 2.16. The molecule has 1 amide bonds. The lowest BCUT2D eigenvalue weighted by atomic mass is 10.0. The predicted molar refractivity (Wildman–Crippen MR) is 72.7 cm³/mol. The Balaban J connectivity index is 2.74. The zero-order valence-electron chi connectivity index (χ0n) is 9.99. The van der Waals surface area contributed by atoms with Crippen LogP contribution in [-0.2, 0) is 4.79 Å². The number of hydrogen-bond acceptors (Lipinski definition) is 3. The van der Waals surface area contributed by atoms with Crippen LogP contribution < -0.4 is 11.1 Å². The van der Waals surface area contributed by atoms with E-state index in [1.165, 1.54) is 0 Å². The molecule has 0 fully saturated rings. The quantitative estimate of drug-likeness (QED) is 0.749. The smallest absolute Gasteiger partial charge is 0.247 e. The van der Waals surface area contributed by atoms with E-state index in [2.05, 4.69) is 5.32 Å². The molecule has 0 spiro atoms. The normalized spacial score (nSPS) is 14.2. The van der Waals surface area contributed by atoms with Gasteiger partial charge in [0.15, 0.2) is 0 Å². The molecule has 4 nitrogen and oxygen atoms in total. The Bertz CT molecular complexity index is 427. The van der Waals surface area contributed by atoms with Gasteiger partial charge in [-0.05, 0) is 24.1 Å². The fourth-order valence-corrected chi connectivity index (χ4v) is 2.15. The van der Waals surface area contributed by atoms with Crippen LogP contribution in [0.5, 0.6) is 0 Å². The molecule has 100 valence electrons. The van der Waals surface area contributed by atoms with Crippen LogP contribution in [0.4, 0.5) is 0 Å². The third kappa shape index (κ3) is 4.14. The molecule has 0 saturated carbocycles. The van der Waals surface area contributed by atoms with Gasteiger partial charge in [-0.15, -0.1) is 0 Å². The summed E-state index contributed by atoms with van der Waals surface area (Å²) < 4.78 is 0. The van der Waals surface area contributed by atoms with Gasteiger partial charge in [0.05, 0.1) is 0 Å². The number of nitrogens with two attached hydrogens (primary N) is 1. The predicted octanol–water partition coefficient (Wildman–Crippen LogP) is 1.88. The van der Waals surface area contributed by atoms with Gasteiger partial charge >= 0.3 is 0 Å². The van der Waals surface area contributed by atoms with E-state index in [1.807, 2.05) is 13.0 Å². The monoisotopic (exact) mass is 290 g/mol. The maximum absolute atomic E-state index is 10.7. The standard InChI is InChI=1S/C12H16Cl2N2O2/c1-2-10(16-6-11(17)12(15)18)8-4-3-7(13)5-9(8)14/h3-5,10-11,16-17H,2,6H2,1H3,(H2,15,18). The molecule has 6 heteroatoms. The third-order valence-electron chi connectivity index (χ3n) is 2.63. The first-order valence-corrected chi connectivity index (χ1v) is 6.37. The summed E-state index contributed by atoms with van der Waals surface area (Å²) >= 11 is 11.9. The highest BCUT2D eigenvalue weighted by Crippen LogP contribution is 2.27. The lowest BCUT2D eigenvalue weighted by Gasteiger charge is -2.20. The van der Waals surface area contributed by atoms with Crippen LogP contribution in [0.15, 0.2) is 18.2 Å². The van der Waals surface area contributed by atoms with Crippen LogP contribution in [0.25, 0.3) is 0 Å². The van der Waals surface area contributed by atoms with Crippen LogP contribution in [0.2, 0.25) is 10.0 Å². The first-order valence-electron chi connectivity index (χ1n) is 5.61. The Hall–Kier alpha value is -0.810. The van der Waals surface area contributed by atoms with Crippen molar-refractivity contribution >= 4 is 29.1 Å². The van der Waals surface area contributed by atoms with Crippen molar-refractivity contribution in [3.05, 3.63) is 33.8 Å². The molecular weight excluding hydrogens is 275 g/mol. The average Bonchev–Trinajstić information content (AvgIpc) is 2.31. The van der Waals surface area contributed by atoms with Crippen LogP contribution in [0.3, 0.4) is 0 Å². The Morgan fingerprint density at radius 2 is 2.17 bits per heavy atom. The molecule has 0 aromatic heterocycles. The Labute approximate surface area is 116 Å². The van der Waals surface area contributed by atoms with Crippen molar-refractivity contribution in [3.63, 3.8) is 0 Å². The summed E-state index contributed by atoms with van der Waals surface area (Å²) in [5.74, 6) is -0.750. The van der Waals surface area contributed by atoms with E-state index in [0.29, 0.717) is 10.0 Å². The van der Waals surface area contributed by atoms with Gasteiger partial charge < -0.3 is 16.2 Å². The molecular formula is C12H16Cl2N2O2. The Kier molecular flexibility index (Phi) is 5.88. The molecule has 0 aliphatic carbocycles. The van der Waals surface area contributed by atoms with E-state index < -0.39 is 12.0 Å². The Morgan fingerprint density at radius 3 is 2.67 bits per heavy atom. The number of amides is 1. The summed E-state index contributed by atoms with van der Waals surface area (Å²) in [6.45, 7) is 2.06. The molecule has 2 unspecified atom stereocenters. The average molecular weight is 291 g/mol. The minimum absolute atomic E-state index is 0.0660. The number of rotatable bonds is 6. The molecule has 2 atom stereocenters. The number of aliphatic hydroxyl groups excluding tert-OH is 1. The van der Waals surface area contributed by atoms with Crippen molar-refractivity contribution < 1.29 is 9.90 Å². The van der Waals surface area contributed by atoms with Gasteiger partial charge in [0, 0.05) is 22.6 Å². The lowest BCUT2D eigenvalue weighted by molar-refractivity contribution is -0.125. The molecule has 0 bridgehead atoms. The van der Waals surface area contributed by atoms with E-state index in [1.54, 1.807) is 12.1 Å². The molecule has 0 heterocycles. The second kappa shape index (κ2) is 6.95. The van der Waals surface area contributed by atoms with Crippen LogP contribution >= 0.6 is 23.2 Å². The molecule has 0 aliphatic heterocycles. The van der Waals surface area contributed by atoms with Gasteiger partial charge in [-0.1, -0.05) is 36.2 Å². The topological polar surface area (TPSA) is 75.3 Å². The van der Waals surface area contributed by atoms with Crippen molar-refractivity contribution in [2.24, 2.45) is 5.73 Å². The van der Waals surface area contributed by atoms with Crippen LogP contribution in [0, 0.1) is 0 Å². The largest absolute Gasteiger partial charge is 0.382 e. The van der Waals surface area contributed by atoms with Crippen molar-refractivity contribution in [1.82, 2.24) is 5.32 Å². The van der Waals surface area contributed by atoms with Gasteiger partial charge in [0.1, 0.15) is 6.10 Å². The van der Waals surface area contributed by atoms with E-state index in [9.17, 15) is 9.90 Å². The molecule has 0 aliphatic rings. The van der Waals surface area contributed by atoms with Crippen molar-refractivity contribution in [2.45, 2.75) is 25.5 Å². The van der Waals surface area contributed by atoms with Gasteiger partial charge in [-0.25, -0.2) is 0 Å². The first kappa shape index (κ1) is 15.2. The first-order chi connectivity index (χ1) is 8.45. The fourth-order valence-electron chi connectivity index (χ4n) is 1.61. The number of aliphatic hydroxyl groups is 1. The number of primary amides is 1. The number of nitrogens with one attached hydrogen (secondary N) is 1. The molecule has 18 heavy (non-hydrogen) atoms. The van der Waals surface area contributed by atoms with Crippen molar-refractivity contribution in [3.8, 4) is 0 Å². The molecule has 4 N–H and O–H groups in total. The molecule has 1 aromatic carbocycles. The fraction of sp³-hybridized carbons (Fsp3) is 0.417. The zero-order chi connectivity index (χ0) is 13.7. The SMILES string of the molecule is CCC(NCC(O)C(N)=O)c1ccc(Cl)cc1Cl. The minimum atomic E-state index is -1.20. The summed E-state index contributed by atoms with van der Waals surface area (Å²) in [7, 11) is 0. The van der Waals surface area contributed by atoms with Gasteiger partial charge in [0.25, 0.3) is 0 Å². The minimum Gasteiger partial charge on any atom is -0.382 e. The molecule has 0 saturated heterocycles. The molecule has 1 aromatic rings. The highest BCUT2D eigenvalue weighted by molar-refractivity contribution is 6.35. The summed E-state index contributed by atoms with van der Waals surface area (Å²) in [4.78, 5) is 10.7. The second-order valence-electron chi connectivity index (χ2n) is 3.95. The van der Waals surface area contributed by atoms with E-state index in [4.69, 9.17) is 28.9 Å². The van der Waals surface area contributed by atoms with Crippen molar-refractivity contribution in [2.75, 3.05) is 6.54 Å². The summed E-state index contributed by atoms with van der Waals surface area (Å²) in [5.41, 5.74) is 5.85. The summed E-state index contributed by atoms with van der Waals surface area (Å²) in [5, 5.41) is 13.5. The van der Waals surface area contributed by atoms with Gasteiger partial charge in [-0.3, -0.25) is 4.79 Å². The number of benzene rings is 1. The van der Waals surface area contributed by atoms with Gasteiger partial charge in [-0.2, -0.15) is 0 Å². The third-order valence-corrected chi connectivity index (χ3v) is 3.19. The number of hydrogen-bond donors (Lipinski definition) is 3. The lowest BCUT2D eigenvalue weighted by Crippen LogP contribution is -2.39. The molecule has 0 radical (unpaired) electrons. The maximum Gasteiger partial charge on any atom is 0.247 e. The van der Waals surface area contributed by atoms with E-state index >= 15 is 0 Å². The van der Waals surface area contributed by atoms with Crippen LogP contribution in [0.1, 0.15) is 24.9 Å². The number of carbonyl (C=O) groups is 1. The Morgan fingerprint density at radius 1 is 1.50 bits per heavy atom. The number of halogens is 2. The number of carbonyl (C=O) groups excluding carboxylic acids is 1. The van der Waals surface area contributed by atoms with Gasteiger partial charge in [0.2, 0.25) is 5.91 Å². The zero-order valence-corrected chi connectivity index (χ0v) is 11.5. The second-order valence-corrected chi connectivity index (χ2v) is 4.80. The summed E-state index contributed by atoms with van der Waals surface area (Å²) in [6.07, 6.45) is -0.447. The van der Waals surface area contributed by atoms with E-state index in [0.717, 1.165) is 12.0 Å². The van der Waals surface area contributed by atoms with E-state index in [-0.39, 0.29) is 12.6 Å². The van der Waals surface area contributed by atoms with Crippen LogP contribution in [-0.4, -0.2) is 23.7 Å². The highest BCUT2D eigenvalue weighted by atomic mass is 35.5. The summed E-state index contributed by atoms with van der Waals surface area (Å²) in [6, 6.07) is 5.16. The maximum atomic E-state index is 10.7. The molecule has 1 rings (SSSR count). The van der Waals surface area contributed by atoms with Crippen molar-refractivity contribution in [1.29, 1.82) is 0 Å².